The van der Waals surface area contributed by atoms with Crippen molar-refractivity contribution in [2.24, 2.45) is 0 Å². The van der Waals surface area contributed by atoms with Gasteiger partial charge >= 0.3 is 0 Å². The van der Waals surface area contributed by atoms with Crippen molar-refractivity contribution >= 4 is 0 Å². The fraction of sp³-hybridized carbons (Fsp3) is 0.375. The second kappa shape index (κ2) is 3.20. The van der Waals surface area contributed by atoms with E-state index in [9.17, 15) is 0 Å². The molecule has 0 radical (unpaired) electrons. The smallest absolute Gasteiger partial charge is 0.124 e. The van der Waals surface area contributed by atoms with Crippen molar-refractivity contribution in [1.82, 2.24) is 4.57 Å². The van der Waals surface area contributed by atoms with Gasteiger partial charge in [-0.3, -0.25) is 5.41 Å². The Morgan fingerprint density at radius 2 is 2.30 bits per heavy atom. The van der Waals surface area contributed by atoms with E-state index in [2.05, 4.69) is 6.92 Å². The van der Waals surface area contributed by atoms with Gasteiger partial charge in [-0.05, 0) is 18.6 Å². The first-order chi connectivity index (χ1) is 4.84. The highest BCUT2D eigenvalue weighted by atomic mass is 15.0. The molecule has 1 heterocycles. The number of rotatable bonds is 2. The molecule has 1 aromatic rings. The number of aryl methyl sites for hydroxylation is 1. The van der Waals surface area contributed by atoms with Crippen molar-refractivity contribution < 1.29 is 0 Å². The van der Waals surface area contributed by atoms with Crippen LogP contribution in [0.25, 0.3) is 0 Å². The summed E-state index contributed by atoms with van der Waals surface area (Å²) in [5.41, 5.74) is 0.587. The number of nitrogens with one attached hydrogen (secondary N) is 1. The minimum Gasteiger partial charge on any atom is -0.334 e. The molecule has 0 saturated carbocycles. The molecule has 1 aromatic heterocycles. The molecule has 2 heteroatoms. The molecule has 0 aromatic carbocycles. The Morgan fingerprint density at radius 3 is 2.90 bits per heavy atom. The molecule has 54 valence electrons. The normalized spacial score (nSPS) is 9.70. The first-order valence-corrected chi connectivity index (χ1v) is 3.54. The standard InChI is InChI=1S/C8H12N2/c1-2-6-10-7-4-3-5-8(10)9/h3-5,7,9H,2,6H2,1H3. The van der Waals surface area contributed by atoms with Gasteiger partial charge < -0.3 is 4.57 Å². The average molecular weight is 136 g/mol. The number of nitrogens with zero attached hydrogens (tertiary/aromatic N) is 1. The topological polar surface area (TPSA) is 28.8 Å². The molecule has 1 N–H and O–H groups in total. The minimum absolute atomic E-state index is 0.587. The van der Waals surface area contributed by atoms with E-state index >= 15 is 0 Å². The number of pyridine rings is 1. The summed E-state index contributed by atoms with van der Waals surface area (Å²) in [6.45, 7) is 3.05. The Labute approximate surface area is 60.6 Å². The predicted octanol–water partition coefficient (Wildman–Crippen LogP) is 1.38. The van der Waals surface area contributed by atoms with Gasteiger partial charge in [-0.1, -0.05) is 13.0 Å². The monoisotopic (exact) mass is 136 g/mol. The Morgan fingerprint density at radius 1 is 1.50 bits per heavy atom. The number of hydrogen-bond acceptors (Lipinski definition) is 1. The fourth-order valence-electron chi connectivity index (χ4n) is 0.912. The quantitative estimate of drug-likeness (QED) is 0.636. The zero-order valence-electron chi connectivity index (χ0n) is 6.17. The van der Waals surface area contributed by atoms with Crippen molar-refractivity contribution in [3.8, 4) is 0 Å². The van der Waals surface area contributed by atoms with E-state index in [1.54, 1.807) is 6.07 Å². The lowest BCUT2D eigenvalue weighted by Crippen LogP contribution is -2.17. The van der Waals surface area contributed by atoms with Gasteiger partial charge in [0.25, 0.3) is 0 Å². The lowest BCUT2D eigenvalue weighted by molar-refractivity contribution is 0.638. The summed E-state index contributed by atoms with van der Waals surface area (Å²) >= 11 is 0. The third-order valence-electron chi connectivity index (χ3n) is 1.41. The molecule has 1 rings (SSSR count). The van der Waals surface area contributed by atoms with Crippen LogP contribution in [0.5, 0.6) is 0 Å². The summed E-state index contributed by atoms with van der Waals surface area (Å²) in [4.78, 5) is 0. The predicted molar refractivity (Wildman–Crippen MR) is 40.6 cm³/mol. The van der Waals surface area contributed by atoms with Crippen LogP contribution >= 0.6 is 0 Å². The van der Waals surface area contributed by atoms with Crippen LogP contribution in [-0.4, -0.2) is 4.57 Å². The van der Waals surface area contributed by atoms with Crippen LogP contribution in [0.15, 0.2) is 24.4 Å². The molecule has 0 unspecified atom stereocenters. The maximum atomic E-state index is 7.44. The Bertz CT molecular complexity index is 249. The molecular weight excluding hydrogens is 124 g/mol. The highest BCUT2D eigenvalue weighted by Gasteiger charge is 1.85. The van der Waals surface area contributed by atoms with Crippen LogP contribution in [0.1, 0.15) is 13.3 Å². The van der Waals surface area contributed by atoms with Crippen LogP contribution in [0.2, 0.25) is 0 Å². The Balaban J connectivity index is 2.92. The molecule has 0 fully saturated rings. The van der Waals surface area contributed by atoms with E-state index in [4.69, 9.17) is 5.41 Å². The molecule has 0 saturated heterocycles. The van der Waals surface area contributed by atoms with E-state index < -0.39 is 0 Å². The average Bonchev–Trinajstić information content (AvgIpc) is 1.94. The zero-order valence-corrected chi connectivity index (χ0v) is 6.17. The molecule has 0 aliphatic carbocycles. The zero-order chi connectivity index (χ0) is 7.40. The Kier molecular flexibility index (Phi) is 2.26. The van der Waals surface area contributed by atoms with Crippen LogP contribution in [0, 0.1) is 5.41 Å². The highest BCUT2D eigenvalue weighted by molar-refractivity contribution is 4.91. The number of aromatic nitrogens is 1. The van der Waals surface area contributed by atoms with Crippen molar-refractivity contribution in [3.63, 3.8) is 0 Å². The molecule has 0 aliphatic rings. The second-order valence-electron chi connectivity index (χ2n) is 2.28. The van der Waals surface area contributed by atoms with Crippen LogP contribution < -0.4 is 5.49 Å². The van der Waals surface area contributed by atoms with Gasteiger partial charge in [-0.25, -0.2) is 0 Å². The summed E-state index contributed by atoms with van der Waals surface area (Å²) in [5.74, 6) is 0. The maximum Gasteiger partial charge on any atom is 0.124 e. The van der Waals surface area contributed by atoms with E-state index in [1.165, 1.54) is 0 Å². The van der Waals surface area contributed by atoms with E-state index in [-0.39, 0.29) is 0 Å². The molecule has 2 nitrogen and oxygen atoms in total. The second-order valence-corrected chi connectivity index (χ2v) is 2.28. The summed E-state index contributed by atoms with van der Waals surface area (Å²) in [6, 6.07) is 5.64. The van der Waals surface area contributed by atoms with Crippen molar-refractivity contribution in [3.05, 3.63) is 29.9 Å². The molecular formula is C8H12N2. The van der Waals surface area contributed by atoms with Crippen LogP contribution in [-0.2, 0) is 6.54 Å². The van der Waals surface area contributed by atoms with Crippen molar-refractivity contribution in [2.75, 3.05) is 0 Å². The highest BCUT2D eigenvalue weighted by Crippen LogP contribution is 1.84. The third-order valence-corrected chi connectivity index (χ3v) is 1.41. The van der Waals surface area contributed by atoms with E-state index in [1.807, 2.05) is 22.9 Å². The van der Waals surface area contributed by atoms with Gasteiger partial charge in [-0.15, -0.1) is 0 Å². The largest absolute Gasteiger partial charge is 0.334 e. The summed E-state index contributed by atoms with van der Waals surface area (Å²) in [6.07, 6.45) is 3.02. The lowest BCUT2D eigenvalue weighted by atomic mass is 10.4. The van der Waals surface area contributed by atoms with Crippen molar-refractivity contribution in [1.29, 1.82) is 5.41 Å². The SMILES string of the molecule is CCCn1ccccc1=N. The Hall–Kier alpha value is -1.05. The lowest BCUT2D eigenvalue weighted by Gasteiger charge is -2.01. The fourth-order valence-corrected chi connectivity index (χ4v) is 0.912. The summed E-state index contributed by atoms with van der Waals surface area (Å²) in [7, 11) is 0. The van der Waals surface area contributed by atoms with Gasteiger partial charge in [-0.2, -0.15) is 0 Å². The first kappa shape index (κ1) is 7.06. The van der Waals surface area contributed by atoms with E-state index in [0.29, 0.717) is 5.49 Å². The molecule has 0 spiro atoms. The van der Waals surface area contributed by atoms with Crippen molar-refractivity contribution in [2.45, 2.75) is 19.9 Å². The van der Waals surface area contributed by atoms with Gasteiger partial charge in [0.2, 0.25) is 0 Å². The molecule has 0 bridgehead atoms. The van der Waals surface area contributed by atoms with Gasteiger partial charge in [0.15, 0.2) is 0 Å². The van der Waals surface area contributed by atoms with Crippen LogP contribution in [0.3, 0.4) is 0 Å². The molecule has 10 heavy (non-hydrogen) atoms. The van der Waals surface area contributed by atoms with Gasteiger partial charge in [0, 0.05) is 12.7 Å². The van der Waals surface area contributed by atoms with Gasteiger partial charge in [0.1, 0.15) is 5.49 Å². The molecule has 0 aliphatic heterocycles. The number of hydrogen-bond donors (Lipinski definition) is 1. The maximum absolute atomic E-state index is 7.44. The molecule has 0 amide bonds. The van der Waals surface area contributed by atoms with Crippen LogP contribution in [0.4, 0.5) is 0 Å². The van der Waals surface area contributed by atoms with E-state index in [0.717, 1.165) is 13.0 Å². The minimum atomic E-state index is 0.587. The molecule has 0 atom stereocenters. The van der Waals surface area contributed by atoms with Gasteiger partial charge in [0.05, 0.1) is 0 Å². The summed E-state index contributed by atoms with van der Waals surface area (Å²) < 4.78 is 1.93. The summed E-state index contributed by atoms with van der Waals surface area (Å²) in [5, 5.41) is 7.44. The third kappa shape index (κ3) is 1.47. The first-order valence-electron chi connectivity index (χ1n) is 3.54.